The van der Waals surface area contributed by atoms with Crippen LogP contribution in [-0.4, -0.2) is 59.6 Å². The fourth-order valence-corrected chi connectivity index (χ4v) is 5.52. The van der Waals surface area contributed by atoms with E-state index in [4.69, 9.17) is 9.47 Å². The summed E-state index contributed by atoms with van der Waals surface area (Å²) in [7, 11) is 0. The molecule has 204 valence electrons. The summed E-state index contributed by atoms with van der Waals surface area (Å²) in [6.45, 7) is 1.92. The molecule has 1 fully saturated rings. The lowest BCUT2D eigenvalue weighted by Crippen LogP contribution is -2.44. The minimum atomic E-state index is -3.72. The standard InChI is InChI=1S/C28H28F2N4O5/c1-16-24-26(32-14-31-16)34(15-33-24)23-12-21(35)22(39-23)13-38-18-6-4-5-17(11-18)9-10-27(37)20-8-3-2-7-19(20)25(36)28(27,29)30/h2-8,11,14-15,21-23,25,35-37H,9-10,12-13H2,1H3/t21-,22+,23+,25+,27-/m0/s1. The number of aromatic nitrogens is 4. The molecule has 0 unspecified atom stereocenters. The highest BCUT2D eigenvalue weighted by molar-refractivity contribution is 5.72. The van der Waals surface area contributed by atoms with Crippen LogP contribution >= 0.6 is 0 Å². The number of halogens is 2. The Kier molecular flexibility index (Phi) is 6.34. The summed E-state index contributed by atoms with van der Waals surface area (Å²) < 4.78 is 43.6. The van der Waals surface area contributed by atoms with Gasteiger partial charge in [-0.25, -0.2) is 15.0 Å². The molecule has 0 spiro atoms. The average molecular weight is 539 g/mol. The van der Waals surface area contributed by atoms with Gasteiger partial charge in [0, 0.05) is 6.42 Å². The van der Waals surface area contributed by atoms with Crippen molar-refractivity contribution in [2.75, 3.05) is 6.61 Å². The van der Waals surface area contributed by atoms with Crippen LogP contribution in [0.3, 0.4) is 0 Å². The van der Waals surface area contributed by atoms with E-state index in [1.54, 1.807) is 47.3 Å². The first-order valence-corrected chi connectivity index (χ1v) is 12.8. The zero-order chi connectivity index (χ0) is 27.4. The Balaban J connectivity index is 1.11. The van der Waals surface area contributed by atoms with Crippen molar-refractivity contribution in [1.29, 1.82) is 0 Å². The third kappa shape index (κ3) is 4.26. The highest BCUT2D eigenvalue weighted by Gasteiger charge is 2.64. The van der Waals surface area contributed by atoms with Crippen molar-refractivity contribution in [3.8, 4) is 5.75 Å². The van der Waals surface area contributed by atoms with E-state index in [2.05, 4.69) is 15.0 Å². The number of ether oxygens (including phenoxy) is 2. The predicted octanol–water partition coefficient (Wildman–Crippen LogP) is 3.36. The molecular formula is C28H28F2N4O5. The molecule has 0 amide bonds. The zero-order valence-corrected chi connectivity index (χ0v) is 21.1. The van der Waals surface area contributed by atoms with Gasteiger partial charge in [0.2, 0.25) is 0 Å². The topological polar surface area (TPSA) is 123 Å². The number of alkyl halides is 2. The summed E-state index contributed by atoms with van der Waals surface area (Å²) in [5.74, 6) is -3.24. The van der Waals surface area contributed by atoms with Gasteiger partial charge >= 0.3 is 5.92 Å². The zero-order valence-electron chi connectivity index (χ0n) is 21.1. The molecule has 3 N–H and O–H groups in total. The Labute approximate surface area is 222 Å². The third-order valence-electron chi connectivity index (χ3n) is 7.74. The van der Waals surface area contributed by atoms with E-state index >= 15 is 0 Å². The second-order valence-corrected chi connectivity index (χ2v) is 10.1. The third-order valence-corrected chi connectivity index (χ3v) is 7.74. The summed E-state index contributed by atoms with van der Waals surface area (Å²) >= 11 is 0. The van der Waals surface area contributed by atoms with Crippen molar-refractivity contribution in [2.24, 2.45) is 0 Å². The molecule has 5 atom stereocenters. The number of hydrogen-bond donors (Lipinski definition) is 3. The average Bonchev–Trinajstić information content (AvgIpc) is 3.57. The fourth-order valence-electron chi connectivity index (χ4n) is 5.52. The quantitative estimate of drug-likeness (QED) is 0.328. The molecule has 11 heteroatoms. The normalized spacial score (nSPS) is 27.6. The van der Waals surface area contributed by atoms with E-state index in [0.29, 0.717) is 28.9 Å². The number of imidazole rings is 1. The molecule has 3 heterocycles. The predicted molar refractivity (Wildman–Crippen MR) is 135 cm³/mol. The first-order valence-electron chi connectivity index (χ1n) is 12.8. The molecule has 9 nitrogen and oxygen atoms in total. The summed E-state index contributed by atoms with van der Waals surface area (Å²) in [5.41, 5.74) is 0.328. The highest BCUT2D eigenvalue weighted by Crippen LogP contribution is 2.56. The van der Waals surface area contributed by atoms with Crippen LogP contribution in [0.25, 0.3) is 11.2 Å². The van der Waals surface area contributed by atoms with Gasteiger partial charge < -0.3 is 24.8 Å². The van der Waals surface area contributed by atoms with Gasteiger partial charge in [-0.2, -0.15) is 8.78 Å². The number of aryl methyl sites for hydroxylation is 2. The minimum absolute atomic E-state index is 0.0433. The molecule has 0 saturated carbocycles. The van der Waals surface area contributed by atoms with Crippen molar-refractivity contribution in [3.63, 3.8) is 0 Å². The number of rotatable bonds is 7. The second-order valence-electron chi connectivity index (χ2n) is 10.1. The Morgan fingerprint density at radius 3 is 2.77 bits per heavy atom. The molecule has 6 rings (SSSR count). The number of hydrogen-bond acceptors (Lipinski definition) is 8. The van der Waals surface area contributed by atoms with Crippen LogP contribution < -0.4 is 4.74 Å². The molecule has 0 radical (unpaired) electrons. The first kappa shape index (κ1) is 25.8. The summed E-state index contributed by atoms with van der Waals surface area (Å²) in [6.07, 6.45) is -0.646. The second kappa shape index (κ2) is 9.60. The van der Waals surface area contributed by atoms with E-state index in [-0.39, 0.29) is 30.6 Å². The first-order chi connectivity index (χ1) is 18.7. The Bertz CT molecular complexity index is 1510. The van der Waals surface area contributed by atoms with Crippen LogP contribution in [-0.2, 0) is 16.8 Å². The smallest absolute Gasteiger partial charge is 0.309 e. The monoisotopic (exact) mass is 538 g/mol. The van der Waals surface area contributed by atoms with Gasteiger partial charge in [0.25, 0.3) is 0 Å². The van der Waals surface area contributed by atoms with Gasteiger partial charge in [-0.05, 0) is 48.6 Å². The van der Waals surface area contributed by atoms with Gasteiger partial charge in [0.1, 0.15) is 42.6 Å². The van der Waals surface area contributed by atoms with Gasteiger partial charge in [0.05, 0.1) is 18.1 Å². The molecule has 2 aromatic carbocycles. The molecule has 1 aliphatic carbocycles. The van der Waals surface area contributed by atoms with Gasteiger partial charge in [-0.3, -0.25) is 4.57 Å². The van der Waals surface area contributed by atoms with Crippen molar-refractivity contribution < 1.29 is 33.6 Å². The molecule has 0 bridgehead atoms. The van der Waals surface area contributed by atoms with Crippen molar-refractivity contribution >= 4 is 11.2 Å². The lowest BCUT2D eigenvalue weighted by molar-refractivity contribution is -0.226. The van der Waals surface area contributed by atoms with Crippen molar-refractivity contribution in [3.05, 3.63) is 83.6 Å². The molecule has 1 saturated heterocycles. The summed E-state index contributed by atoms with van der Waals surface area (Å²) in [4.78, 5) is 12.8. The largest absolute Gasteiger partial charge is 0.491 e. The molecular weight excluding hydrogens is 510 g/mol. The Morgan fingerprint density at radius 2 is 1.92 bits per heavy atom. The summed E-state index contributed by atoms with van der Waals surface area (Å²) in [6, 6.07) is 12.9. The van der Waals surface area contributed by atoms with E-state index in [1.807, 2.05) is 6.92 Å². The van der Waals surface area contributed by atoms with Crippen molar-refractivity contribution in [1.82, 2.24) is 19.5 Å². The van der Waals surface area contributed by atoms with Gasteiger partial charge in [-0.1, -0.05) is 36.4 Å². The van der Waals surface area contributed by atoms with Crippen LogP contribution in [0.15, 0.2) is 61.2 Å². The molecule has 4 aromatic rings. The lowest BCUT2D eigenvalue weighted by atomic mass is 9.86. The molecule has 39 heavy (non-hydrogen) atoms. The maximum atomic E-state index is 15.0. The van der Waals surface area contributed by atoms with E-state index in [9.17, 15) is 24.1 Å². The van der Waals surface area contributed by atoms with Crippen molar-refractivity contribution in [2.45, 2.75) is 62.2 Å². The van der Waals surface area contributed by atoms with Crippen LogP contribution in [0.1, 0.15) is 47.6 Å². The minimum Gasteiger partial charge on any atom is -0.491 e. The SMILES string of the molecule is Cc1ncnc2c1ncn2[C@H]1C[C@H](O)[C@@H](COc2cccc(CC[C@]3(O)c4ccccc4[C@@H](O)C3(F)F)c2)O1. The number of nitrogens with zero attached hydrogens (tertiary/aromatic N) is 4. The Hall–Kier alpha value is -3.51. The van der Waals surface area contributed by atoms with Crippen LogP contribution in [0, 0.1) is 6.92 Å². The Morgan fingerprint density at radius 1 is 1.10 bits per heavy atom. The number of aliphatic hydroxyl groups excluding tert-OH is 2. The van der Waals surface area contributed by atoms with E-state index < -0.39 is 36.1 Å². The molecule has 2 aliphatic rings. The number of aliphatic hydroxyl groups is 3. The van der Waals surface area contributed by atoms with Crippen LogP contribution in [0.2, 0.25) is 0 Å². The number of benzene rings is 2. The van der Waals surface area contributed by atoms with Gasteiger partial charge in [-0.15, -0.1) is 0 Å². The van der Waals surface area contributed by atoms with E-state index in [1.165, 1.54) is 18.5 Å². The maximum Gasteiger partial charge on any atom is 0.309 e. The highest BCUT2D eigenvalue weighted by atomic mass is 19.3. The fraction of sp³-hybridized carbons (Fsp3) is 0.393. The molecule has 1 aliphatic heterocycles. The van der Waals surface area contributed by atoms with Crippen LogP contribution in [0.5, 0.6) is 5.75 Å². The van der Waals surface area contributed by atoms with Gasteiger partial charge in [0.15, 0.2) is 11.2 Å². The van der Waals surface area contributed by atoms with E-state index in [0.717, 1.165) is 5.69 Å². The molecule has 2 aromatic heterocycles. The number of fused-ring (bicyclic) bond motifs is 2. The maximum absolute atomic E-state index is 15.0. The summed E-state index contributed by atoms with van der Waals surface area (Å²) in [5, 5.41) is 31.8. The lowest BCUT2D eigenvalue weighted by Gasteiger charge is -2.32. The van der Waals surface area contributed by atoms with Crippen LogP contribution in [0.4, 0.5) is 8.78 Å².